The van der Waals surface area contributed by atoms with Gasteiger partial charge in [0, 0.05) is 22.7 Å². The third-order valence-corrected chi connectivity index (χ3v) is 5.87. The van der Waals surface area contributed by atoms with E-state index in [9.17, 15) is 4.79 Å². The number of carbonyl (C=O) groups excluding carboxylic acids is 1. The van der Waals surface area contributed by atoms with Gasteiger partial charge in [0.1, 0.15) is 0 Å². The molecule has 0 aliphatic carbocycles. The molecule has 0 aliphatic heterocycles. The fourth-order valence-corrected chi connectivity index (χ4v) is 4.24. The lowest BCUT2D eigenvalue weighted by atomic mass is 10.1. The Bertz CT molecular complexity index is 1000. The lowest BCUT2D eigenvalue weighted by Gasteiger charge is -2.15. The van der Waals surface area contributed by atoms with E-state index >= 15 is 0 Å². The summed E-state index contributed by atoms with van der Waals surface area (Å²) in [4.78, 5) is 12.0. The fourth-order valence-electron chi connectivity index (χ4n) is 3.46. The van der Waals surface area contributed by atoms with Crippen molar-refractivity contribution in [2.24, 2.45) is 5.10 Å². The molecule has 0 fully saturated rings. The van der Waals surface area contributed by atoms with Crippen LogP contribution in [0.5, 0.6) is 0 Å². The Morgan fingerprint density at radius 2 is 1.72 bits per heavy atom. The quantitative estimate of drug-likeness (QED) is 0.439. The van der Waals surface area contributed by atoms with Crippen LogP contribution in [0.1, 0.15) is 33.6 Å². The van der Waals surface area contributed by atoms with Gasteiger partial charge in [-0.15, -0.1) is 11.8 Å². The van der Waals surface area contributed by atoms with E-state index in [4.69, 9.17) is 0 Å². The summed E-state index contributed by atoms with van der Waals surface area (Å²) < 4.78 is 2.25. The number of hydrogen-bond donors (Lipinski definition) is 1. The molecule has 1 amide bonds. The van der Waals surface area contributed by atoms with E-state index in [2.05, 4.69) is 79.2 Å². The van der Waals surface area contributed by atoms with Gasteiger partial charge in [-0.2, -0.15) is 5.10 Å². The second-order valence-electron chi connectivity index (χ2n) is 7.17. The third-order valence-electron chi connectivity index (χ3n) is 4.87. The number of nitrogens with one attached hydrogen (secondary N) is 1. The van der Waals surface area contributed by atoms with Crippen LogP contribution in [-0.2, 0) is 10.5 Å². The zero-order valence-electron chi connectivity index (χ0n) is 17.4. The topological polar surface area (TPSA) is 46.4 Å². The number of rotatable bonds is 7. The van der Waals surface area contributed by atoms with E-state index < -0.39 is 0 Å². The maximum absolute atomic E-state index is 12.0. The number of aryl methyl sites for hydroxylation is 3. The van der Waals surface area contributed by atoms with Crippen LogP contribution in [0.15, 0.2) is 59.7 Å². The van der Waals surface area contributed by atoms with Crippen LogP contribution >= 0.6 is 11.8 Å². The van der Waals surface area contributed by atoms with E-state index in [0.29, 0.717) is 5.75 Å². The fraction of sp³-hybridized carbons (Fsp3) is 0.250. The summed E-state index contributed by atoms with van der Waals surface area (Å²) in [6, 6.07) is 18.6. The Labute approximate surface area is 177 Å². The summed E-state index contributed by atoms with van der Waals surface area (Å²) in [7, 11) is 0. The first-order valence-electron chi connectivity index (χ1n) is 9.66. The number of amides is 1. The first kappa shape index (κ1) is 20.9. The molecular formula is C24H27N3OS. The number of hydrogen-bond acceptors (Lipinski definition) is 3. The SMILES string of the molecule is Cc1cccc(C)c1-n1c(C)cc(/C=N\NC(=O)CSCc2ccccc2)c1C. The van der Waals surface area contributed by atoms with E-state index in [1.54, 1.807) is 18.0 Å². The second-order valence-corrected chi connectivity index (χ2v) is 8.16. The highest BCUT2D eigenvalue weighted by molar-refractivity contribution is 7.99. The molecule has 0 bridgehead atoms. The molecule has 0 radical (unpaired) electrons. The molecule has 3 rings (SSSR count). The highest BCUT2D eigenvalue weighted by atomic mass is 32.2. The zero-order valence-corrected chi connectivity index (χ0v) is 18.2. The average molecular weight is 406 g/mol. The highest BCUT2D eigenvalue weighted by Crippen LogP contribution is 2.25. The zero-order chi connectivity index (χ0) is 20.8. The first-order chi connectivity index (χ1) is 14.0. The number of carbonyl (C=O) groups is 1. The molecule has 29 heavy (non-hydrogen) atoms. The van der Waals surface area contributed by atoms with Crippen molar-refractivity contribution in [3.8, 4) is 5.69 Å². The second kappa shape index (κ2) is 9.61. The van der Waals surface area contributed by atoms with Crippen LogP contribution in [0, 0.1) is 27.7 Å². The van der Waals surface area contributed by atoms with Crippen molar-refractivity contribution in [3.05, 3.63) is 88.2 Å². The van der Waals surface area contributed by atoms with Gasteiger partial charge in [0.15, 0.2) is 0 Å². The lowest BCUT2D eigenvalue weighted by molar-refractivity contribution is -0.118. The van der Waals surface area contributed by atoms with Gasteiger partial charge in [-0.1, -0.05) is 48.5 Å². The number of thioether (sulfide) groups is 1. The van der Waals surface area contributed by atoms with Crippen LogP contribution in [-0.4, -0.2) is 22.4 Å². The van der Waals surface area contributed by atoms with Crippen LogP contribution < -0.4 is 5.43 Å². The largest absolute Gasteiger partial charge is 0.317 e. The predicted octanol–water partition coefficient (Wildman–Crippen LogP) is 5.09. The minimum atomic E-state index is -0.0919. The van der Waals surface area contributed by atoms with Gasteiger partial charge in [-0.05, 0) is 50.5 Å². The molecule has 5 heteroatoms. The van der Waals surface area contributed by atoms with Gasteiger partial charge in [-0.3, -0.25) is 4.79 Å². The molecule has 0 aliphatic rings. The highest BCUT2D eigenvalue weighted by Gasteiger charge is 2.13. The molecule has 1 heterocycles. The average Bonchev–Trinajstić information content (AvgIpc) is 2.97. The van der Waals surface area contributed by atoms with E-state index in [1.807, 2.05) is 18.2 Å². The summed E-state index contributed by atoms with van der Waals surface area (Å²) in [5.41, 5.74) is 10.8. The molecule has 1 aromatic heterocycles. The summed E-state index contributed by atoms with van der Waals surface area (Å²) in [5.74, 6) is 1.11. The maximum Gasteiger partial charge on any atom is 0.250 e. The maximum atomic E-state index is 12.0. The molecule has 1 N–H and O–H groups in total. The predicted molar refractivity (Wildman–Crippen MR) is 123 cm³/mol. The number of para-hydroxylation sites is 1. The van der Waals surface area contributed by atoms with E-state index in [-0.39, 0.29) is 5.91 Å². The third kappa shape index (κ3) is 5.18. The molecule has 150 valence electrons. The summed E-state index contributed by atoms with van der Waals surface area (Å²) >= 11 is 1.58. The van der Waals surface area contributed by atoms with E-state index in [0.717, 1.165) is 22.7 Å². The van der Waals surface area contributed by atoms with Gasteiger partial charge in [0.05, 0.1) is 17.7 Å². The van der Waals surface area contributed by atoms with Gasteiger partial charge < -0.3 is 4.57 Å². The Morgan fingerprint density at radius 3 is 2.41 bits per heavy atom. The number of nitrogens with zero attached hydrogens (tertiary/aromatic N) is 2. The number of benzene rings is 2. The standard InChI is InChI=1S/C24H27N3OS/c1-17-9-8-10-18(2)24(17)27-19(3)13-22(20(27)4)14-25-26-23(28)16-29-15-21-11-6-5-7-12-21/h5-14H,15-16H2,1-4H3,(H,26,28)/b25-14-. The van der Waals surface area contributed by atoms with Crippen molar-refractivity contribution in [2.75, 3.05) is 5.75 Å². The van der Waals surface area contributed by atoms with Crippen LogP contribution in [0.25, 0.3) is 5.69 Å². The monoisotopic (exact) mass is 405 g/mol. The van der Waals surface area contributed by atoms with E-state index in [1.165, 1.54) is 22.4 Å². The molecule has 0 atom stereocenters. The Hall–Kier alpha value is -2.79. The number of aromatic nitrogens is 1. The van der Waals surface area contributed by atoms with Crippen molar-refractivity contribution in [1.82, 2.24) is 9.99 Å². The van der Waals surface area contributed by atoms with Gasteiger partial charge >= 0.3 is 0 Å². The van der Waals surface area contributed by atoms with Crippen molar-refractivity contribution in [1.29, 1.82) is 0 Å². The Morgan fingerprint density at radius 1 is 1.03 bits per heavy atom. The molecule has 0 saturated heterocycles. The molecule has 0 spiro atoms. The molecule has 4 nitrogen and oxygen atoms in total. The van der Waals surface area contributed by atoms with Crippen molar-refractivity contribution in [2.45, 2.75) is 33.4 Å². The van der Waals surface area contributed by atoms with Crippen LogP contribution in [0.2, 0.25) is 0 Å². The van der Waals surface area contributed by atoms with Crippen molar-refractivity contribution in [3.63, 3.8) is 0 Å². The smallest absolute Gasteiger partial charge is 0.250 e. The minimum absolute atomic E-state index is 0.0919. The van der Waals surface area contributed by atoms with Gasteiger partial charge in [-0.25, -0.2) is 5.43 Å². The summed E-state index contributed by atoms with van der Waals surface area (Å²) in [6.45, 7) is 8.43. The molecule has 0 unspecified atom stereocenters. The summed E-state index contributed by atoms with van der Waals surface area (Å²) in [5, 5.41) is 4.17. The van der Waals surface area contributed by atoms with Gasteiger partial charge in [0.25, 0.3) is 0 Å². The van der Waals surface area contributed by atoms with Gasteiger partial charge in [0.2, 0.25) is 5.91 Å². The number of hydrazone groups is 1. The molecule has 2 aromatic carbocycles. The summed E-state index contributed by atoms with van der Waals surface area (Å²) in [6.07, 6.45) is 1.73. The Kier molecular flexibility index (Phi) is 6.94. The molecule has 0 saturated carbocycles. The first-order valence-corrected chi connectivity index (χ1v) is 10.8. The van der Waals surface area contributed by atoms with Crippen molar-refractivity contribution >= 4 is 23.9 Å². The Balaban J connectivity index is 1.62. The minimum Gasteiger partial charge on any atom is -0.317 e. The van der Waals surface area contributed by atoms with Crippen molar-refractivity contribution < 1.29 is 4.79 Å². The normalized spacial score (nSPS) is 11.2. The molecule has 3 aromatic rings. The van der Waals surface area contributed by atoms with Crippen LogP contribution in [0.4, 0.5) is 0 Å². The lowest BCUT2D eigenvalue weighted by Crippen LogP contribution is -2.19. The van der Waals surface area contributed by atoms with Crippen LogP contribution in [0.3, 0.4) is 0 Å². The molecular weight excluding hydrogens is 378 g/mol.